The van der Waals surface area contributed by atoms with Gasteiger partial charge >= 0.3 is 5.97 Å². The summed E-state index contributed by atoms with van der Waals surface area (Å²) in [5, 5.41) is 20.4. The van der Waals surface area contributed by atoms with Gasteiger partial charge in [0.25, 0.3) is 0 Å². The minimum Gasteiger partial charge on any atom is -0.626 e. The standard InChI is InChI=1S/C14H14N3O4/c1-9(18)21-12-6-10-4-2-3-5-11(10)14(12)16-7-13(15-8-16)17(19)20/h2-5,7-8,12,14,17H,6H2,1H3/q-1/t12-,14?/m1/s1. The molecule has 1 aliphatic rings. The lowest BCUT2D eigenvalue weighted by atomic mass is 10.1. The summed E-state index contributed by atoms with van der Waals surface area (Å²) in [5.74, 6) is -0.501. The minimum absolute atomic E-state index is 0.138. The lowest BCUT2D eigenvalue weighted by Crippen LogP contribution is -2.96. The lowest BCUT2D eigenvalue weighted by molar-refractivity contribution is -0.718. The first-order chi connectivity index (χ1) is 10.1. The molecule has 7 nitrogen and oxygen atoms in total. The van der Waals surface area contributed by atoms with Gasteiger partial charge in [-0.15, -0.1) is 0 Å². The van der Waals surface area contributed by atoms with Crippen LogP contribution in [0.3, 0.4) is 0 Å². The van der Waals surface area contributed by atoms with Crippen LogP contribution >= 0.6 is 0 Å². The molecule has 3 rings (SSSR count). The molecule has 7 heteroatoms. The second-order valence-electron chi connectivity index (χ2n) is 4.99. The molecule has 0 saturated carbocycles. The van der Waals surface area contributed by atoms with Crippen LogP contribution in [0, 0.1) is 10.4 Å². The van der Waals surface area contributed by atoms with Gasteiger partial charge in [-0.25, -0.2) is 0 Å². The van der Waals surface area contributed by atoms with Crippen LogP contribution in [0.15, 0.2) is 36.8 Å². The second-order valence-corrected chi connectivity index (χ2v) is 4.99. The molecule has 2 atom stereocenters. The van der Waals surface area contributed by atoms with Gasteiger partial charge in [0.1, 0.15) is 12.4 Å². The molecule has 1 heterocycles. The molecule has 0 spiro atoms. The third kappa shape index (κ3) is 2.54. The minimum atomic E-state index is -1.33. The predicted molar refractivity (Wildman–Crippen MR) is 73.4 cm³/mol. The molecule has 0 bridgehead atoms. The average Bonchev–Trinajstić information content (AvgIpc) is 3.01. The lowest BCUT2D eigenvalue weighted by Gasteiger charge is -2.23. The number of hydrogen-bond donors (Lipinski definition) is 1. The van der Waals surface area contributed by atoms with Crippen LogP contribution < -0.4 is 5.23 Å². The number of nitrogens with one attached hydrogen (secondary N) is 1. The Labute approximate surface area is 120 Å². The van der Waals surface area contributed by atoms with E-state index in [-0.39, 0.29) is 23.9 Å². The summed E-state index contributed by atoms with van der Waals surface area (Å²) in [4.78, 5) is 15.1. The van der Waals surface area contributed by atoms with E-state index < -0.39 is 5.23 Å². The molecule has 110 valence electrons. The molecule has 0 saturated heterocycles. The maximum Gasteiger partial charge on any atom is 0.302 e. The number of benzene rings is 1. The highest BCUT2D eigenvalue weighted by Crippen LogP contribution is 2.36. The van der Waals surface area contributed by atoms with Crippen LogP contribution in [0.25, 0.3) is 0 Å². The summed E-state index contributed by atoms with van der Waals surface area (Å²) in [6, 6.07) is 7.47. The number of fused-ring (bicyclic) bond motifs is 1. The van der Waals surface area contributed by atoms with Gasteiger partial charge < -0.3 is 24.9 Å². The first-order valence-corrected chi connectivity index (χ1v) is 6.56. The molecule has 1 aliphatic carbocycles. The van der Waals surface area contributed by atoms with E-state index in [4.69, 9.17) is 4.74 Å². The maximum atomic E-state index is 11.3. The Morgan fingerprint density at radius 3 is 2.86 bits per heavy atom. The van der Waals surface area contributed by atoms with E-state index in [1.165, 1.54) is 19.4 Å². The molecule has 2 aromatic rings. The van der Waals surface area contributed by atoms with Gasteiger partial charge in [-0.05, 0) is 11.1 Å². The first kappa shape index (κ1) is 13.7. The smallest absolute Gasteiger partial charge is 0.302 e. The van der Waals surface area contributed by atoms with Crippen molar-refractivity contribution in [2.24, 2.45) is 0 Å². The molecule has 0 fully saturated rings. The summed E-state index contributed by atoms with van der Waals surface area (Å²) >= 11 is 0. The number of ether oxygens (including phenoxy) is 1. The highest BCUT2D eigenvalue weighted by Gasteiger charge is 2.36. The van der Waals surface area contributed by atoms with E-state index >= 15 is 0 Å². The molecule has 1 N–H and O–H groups in total. The number of esters is 1. The SMILES string of the molecule is CC(=O)O[C@@H]1Cc2ccccc2C1n1cnc([NH+]([O-])[O-])c1. The average molecular weight is 288 g/mol. The van der Waals surface area contributed by atoms with E-state index in [1.807, 2.05) is 24.3 Å². The molecule has 21 heavy (non-hydrogen) atoms. The van der Waals surface area contributed by atoms with Crippen molar-refractivity contribution in [1.82, 2.24) is 9.55 Å². The number of rotatable bonds is 3. The zero-order valence-corrected chi connectivity index (χ0v) is 11.4. The maximum absolute atomic E-state index is 11.3. The largest absolute Gasteiger partial charge is 0.626 e. The monoisotopic (exact) mass is 288 g/mol. The van der Waals surface area contributed by atoms with E-state index in [9.17, 15) is 15.2 Å². The van der Waals surface area contributed by atoms with Crippen LogP contribution in [0.1, 0.15) is 24.1 Å². The molecule has 0 aliphatic heterocycles. The molecule has 1 aromatic carbocycles. The number of hydrogen-bond acceptors (Lipinski definition) is 5. The van der Waals surface area contributed by atoms with Crippen molar-refractivity contribution in [2.75, 3.05) is 0 Å². The Kier molecular flexibility index (Phi) is 3.46. The summed E-state index contributed by atoms with van der Waals surface area (Å²) < 4.78 is 7.04. The van der Waals surface area contributed by atoms with Crippen LogP contribution in [-0.4, -0.2) is 21.6 Å². The van der Waals surface area contributed by atoms with Gasteiger partial charge in [0.2, 0.25) is 5.82 Å². The highest BCUT2D eigenvalue weighted by molar-refractivity contribution is 5.66. The normalized spacial score (nSPS) is 20.6. The Hall–Kier alpha value is -2.22. The summed E-state index contributed by atoms with van der Waals surface area (Å²) in [6.45, 7) is 1.36. The van der Waals surface area contributed by atoms with Gasteiger partial charge in [-0.3, -0.25) is 4.79 Å². The number of carbonyl (C=O) groups excluding carboxylic acids is 1. The molecule has 0 amide bonds. The van der Waals surface area contributed by atoms with E-state index in [1.54, 1.807) is 4.57 Å². The van der Waals surface area contributed by atoms with Crippen molar-refractivity contribution in [1.29, 1.82) is 0 Å². The Morgan fingerprint density at radius 1 is 1.43 bits per heavy atom. The van der Waals surface area contributed by atoms with E-state index in [0.717, 1.165) is 11.1 Å². The zero-order chi connectivity index (χ0) is 15.0. The third-order valence-electron chi connectivity index (χ3n) is 3.60. The fraction of sp³-hybridized carbons (Fsp3) is 0.286. The van der Waals surface area contributed by atoms with Crippen molar-refractivity contribution in [3.05, 3.63) is 58.3 Å². The van der Waals surface area contributed by atoms with Crippen LogP contribution in [0.4, 0.5) is 5.82 Å². The molecule has 1 unspecified atom stereocenters. The first-order valence-electron chi connectivity index (χ1n) is 6.56. The number of imidazole rings is 1. The van der Waals surface area contributed by atoms with Crippen molar-refractivity contribution in [3.8, 4) is 0 Å². The zero-order valence-electron chi connectivity index (χ0n) is 11.4. The number of aromatic nitrogens is 2. The second kappa shape index (κ2) is 5.28. The Morgan fingerprint density at radius 2 is 2.19 bits per heavy atom. The molecule has 0 radical (unpaired) electrons. The van der Waals surface area contributed by atoms with Gasteiger partial charge in [-0.2, -0.15) is 4.98 Å². The molecular weight excluding hydrogens is 274 g/mol. The van der Waals surface area contributed by atoms with Crippen LogP contribution in [0.2, 0.25) is 0 Å². The highest BCUT2D eigenvalue weighted by atomic mass is 16.8. The fourth-order valence-electron chi connectivity index (χ4n) is 2.80. The summed E-state index contributed by atoms with van der Waals surface area (Å²) in [7, 11) is 0. The summed E-state index contributed by atoms with van der Waals surface area (Å²) in [6.07, 6.45) is 3.05. The van der Waals surface area contributed by atoms with Crippen LogP contribution in [-0.2, 0) is 16.0 Å². The fourth-order valence-corrected chi connectivity index (χ4v) is 2.80. The van der Waals surface area contributed by atoms with Crippen molar-refractivity contribution < 1.29 is 14.8 Å². The van der Waals surface area contributed by atoms with Crippen molar-refractivity contribution >= 4 is 11.8 Å². The van der Waals surface area contributed by atoms with Gasteiger partial charge in [0.15, 0.2) is 0 Å². The van der Waals surface area contributed by atoms with E-state index in [0.29, 0.717) is 6.42 Å². The third-order valence-corrected chi connectivity index (χ3v) is 3.60. The predicted octanol–water partition coefficient (Wildman–Crippen LogP) is 0.472. The van der Waals surface area contributed by atoms with E-state index in [2.05, 4.69) is 4.98 Å². The quantitative estimate of drug-likeness (QED) is 0.654. The number of quaternary nitrogens is 1. The van der Waals surface area contributed by atoms with Gasteiger partial charge in [0.05, 0.1) is 12.2 Å². The van der Waals surface area contributed by atoms with Crippen LogP contribution in [0.5, 0.6) is 0 Å². The Bertz CT molecular complexity index is 668. The van der Waals surface area contributed by atoms with Gasteiger partial charge in [0, 0.05) is 13.3 Å². The van der Waals surface area contributed by atoms with Gasteiger partial charge in [-0.1, -0.05) is 24.3 Å². The number of nitrogens with zero attached hydrogens (tertiary/aromatic N) is 2. The van der Waals surface area contributed by atoms with Crippen molar-refractivity contribution in [2.45, 2.75) is 25.5 Å². The topological polar surface area (TPSA) is 94.7 Å². The Balaban J connectivity index is 1.99. The number of carbonyl (C=O) groups is 1. The molecule has 1 aromatic heterocycles. The summed E-state index contributed by atoms with van der Waals surface area (Å²) in [5.41, 5.74) is 2.09. The van der Waals surface area contributed by atoms with Crippen molar-refractivity contribution in [3.63, 3.8) is 0 Å². The molecular formula is C14H14N3O4-.